The number of aryl methyl sites for hydroxylation is 1. The molecule has 0 aliphatic carbocycles. The standard InChI is InChI=1S/C15H15ClN2O/c16-14-11-13(19)8-9-15(14)18-17-10-4-7-12-5-2-1-3-6-12/h1-3,5-6,8-9,11,19H,4,7,10H2. The van der Waals surface area contributed by atoms with E-state index in [1.165, 1.54) is 11.6 Å². The molecule has 0 aliphatic heterocycles. The fourth-order valence-electron chi connectivity index (χ4n) is 1.70. The quantitative estimate of drug-likeness (QED) is 0.620. The Hall–Kier alpha value is -1.87. The van der Waals surface area contributed by atoms with Gasteiger partial charge in [-0.05, 0) is 30.5 Å². The van der Waals surface area contributed by atoms with Crippen molar-refractivity contribution >= 4 is 17.3 Å². The monoisotopic (exact) mass is 274 g/mol. The van der Waals surface area contributed by atoms with Crippen molar-refractivity contribution in [2.24, 2.45) is 10.2 Å². The van der Waals surface area contributed by atoms with E-state index in [4.69, 9.17) is 11.6 Å². The molecule has 2 rings (SSSR count). The van der Waals surface area contributed by atoms with Gasteiger partial charge in [0.1, 0.15) is 11.4 Å². The second-order valence-electron chi connectivity index (χ2n) is 4.19. The van der Waals surface area contributed by atoms with Crippen LogP contribution in [0.15, 0.2) is 58.8 Å². The number of nitrogens with zero attached hydrogens (tertiary/aromatic N) is 2. The summed E-state index contributed by atoms with van der Waals surface area (Å²) in [7, 11) is 0. The third-order valence-corrected chi connectivity index (χ3v) is 2.98. The van der Waals surface area contributed by atoms with Crippen LogP contribution in [-0.4, -0.2) is 11.7 Å². The molecule has 4 heteroatoms. The molecule has 0 radical (unpaired) electrons. The van der Waals surface area contributed by atoms with E-state index in [9.17, 15) is 5.11 Å². The normalized spacial score (nSPS) is 11.0. The minimum Gasteiger partial charge on any atom is -0.508 e. The highest BCUT2D eigenvalue weighted by Gasteiger charge is 1.99. The molecule has 0 unspecified atom stereocenters. The van der Waals surface area contributed by atoms with E-state index in [0.29, 0.717) is 17.3 Å². The maximum atomic E-state index is 9.22. The van der Waals surface area contributed by atoms with Crippen LogP contribution < -0.4 is 0 Å². The molecule has 0 heterocycles. The topological polar surface area (TPSA) is 45.0 Å². The van der Waals surface area contributed by atoms with Gasteiger partial charge in [0.2, 0.25) is 0 Å². The van der Waals surface area contributed by atoms with Gasteiger partial charge in [0.15, 0.2) is 0 Å². The predicted molar refractivity (Wildman–Crippen MR) is 77.3 cm³/mol. The van der Waals surface area contributed by atoms with Crippen LogP contribution in [0.2, 0.25) is 5.02 Å². The van der Waals surface area contributed by atoms with E-state index in [2.05, 4.69) is 22.4 Å². The lowest BCUT2D eigenvalue weighted by molar-refractivity contribution is 0.475. The lowest BCUT2D eigenvalue weighted by Crippen LogP contribution is -1.87. The second-order valence-corrected chi connectivity index (χ2v) is 4.60. The molecule has 0 fully saturated rings. The number of phenolic OH excluding ortho intramolecular Hbond substituents is 1. The van der Waals surface area contributed by atoms with Gasteiger partial charge in [-0.1, -0.05) is 41.9 Å². The van der Waals surface area contributed by atoms with Crippen LogP contribution in [0.4, 0.5) is 5.69 Å². The molecule has 0 saturated carbocycles. The first kappa shape index (κ1) is 13.6. The van der Waals surface area contributed by atoms with Crippen molar-refractivity contribution < 1.29 is 5.11 Å². The van der Waals surface area contributed by atoms with Crippen LogP contribution in [0.5, 0.6) is 5.75 Å². The van der Waals surface area contributed by atoms with Crippen molar-refractivity contribution in [3.63, 3.8) is 0 Å². The molecule has 98 valence electrons. The highest BCUT2D eigenvalue weighted by Crippen LogP contribution is 2.28. The zero-order chi connectivity index (χ0) is 13.5. The van der Waals surface area contributed by atoms with Gasteiger partial charge in [0.25, 0.3) is 0 Å². The Morgan fingerprint density at radius 2 is 1.84 bits per heavy atom. The maximum Gasteiger partial charge on any atom is 0.117 e. The first-order valence-corrected chi connectivity index (χ1v) is 6.53. The number of phenols is 1. The number of aromatic hydroxyl groups is 1. The number of azo groups is 1. The van der Waals surface area contributed by atoms with Crippen LogP contribution >= 0.6 is 11.6 Å². The number of benzene rings is 2. The third-order valence-electron chi connectivity index (χ3n) is 2.68. The van der Waals surface area contributed by atoms with Gasteiger partial charge in [-0.15, -0.1) is 0 Å². The van der Waals surface area contributed by atoms with Crippen molar-refractivity contribution in [2.75, 3.05) is 6.54 Å². The summed E-state index contributed by atoms with van der Waals surface area (Å²) in [4.78, 5) is 0. The van der Waals surface area contributed by atoms with Gasteiger partial charge in [-0.2, -0.15) is 10.2 Å². The molecule has 0 spiro atoms. The first-order valence-electron chi connectivity index (χ1n) is 6.15. The molecule has 0 aliphatic rings. The van der Waals surface area contributed by atoms with Crippen LogP contribution in [0.3, 0.4) is 0 Å². The van der Waals surface area contributed by atoms with Crippen molar-refractivity contribution in [1.82, 2.24) is 0 Å². The Balaban J connectivity index is 1.80. The SMILES string of the molecule is Oc1ccc(N=NCCCc2ccccc2)c(Cl)c1. The van der Waals surface area contributed by atoms with Gasteiger partial charge in [-0.3, -0.25) is 0 Å². The van der Waals surface area contributed by atoms with Crippen LogP contribution in [0.1, 0.15) is 12.0 Å². The number of rotatable bonds is 5. The van der Waals surface area contributed by atoms with Gasteiger partial charge >= 0.3 is 0 Å². The van der Waals surface area contributed by atoms with Crippen molar-refractivity contribution in [2.45, 2.75) is 12.8 Å². The van der Waals surface area contributed by atoms with E-state index in [0.717, 1.165) is 12.8 Å². The fraction of sp³-hybridized carbons (Fsp3) is 0.200. The van der Waals surface area contributed by atoms with Gasteiger partial charge in [0.05, 0.1) is 11.6 Å². The fourth-order valence-corrected chi connectivity index (χ4v) is 1.91. The summed E-state index contributed by atoms with van der Waals surface area (Å²) in [5, 5.41) is 17.8. The molecule has 0 aromatic heterocycles. The molecule has 2 aromatic carbocycles. The first-order chi connectivity index (χ1) is 9.25. The Labute approximate surface area is 117 Å². The Bertz CT molecular complexity index is 555. The number of hydrogen-bond donors (Lipinski definition) is 1. The molecule has 19 heavy (non-hydrogen) atoms. The largest absolute Gasteiger partial charge is 0.508 e. The summed E-state index contributed by atoms with van der Waals surface area (Å²) >= 11 is 5.92. The molecule has 0 amide bonds. The third kappa shape index (κ3) is 4.38. The zero-order valence-corrected chi connectivity index (χ0v) is 11.2. The van der Waals surface area contributed by atoms with Gasteiger partial charge < -0.3 is 5.11 Å². The minimum absolute atomic E-state index is 0.132. The predicted octanol–water partition coefficient (Wildman–Crippen LogP) is 4.76. The lowest BCUT2D eigenvalue weighted by atomic mass is 10.1. The summed E-state index contributed by atoms with van der Waals surface area (Å²) in [6, 6.07) is 14.9. The van der Waals surface area contributed by atoms with Crippen LogP contribution in [-0.2, 0) is 6.42 Å². The highest BCUT2D eigenvalue weighted by atomic mass is 35.5. The van der Waals surface area contributed by atoms with E-state index in [-0.39, 0.29) is 5.75 Å². The molecule has 0 bridgehead atoms. The molecule has 0 atom stereocenters. The summed E-state index contributed by atoms with van der Waals surface area (Å²) in [5.74, 6) is 0.132. The van der Waals surface area contributed by atoms with E-state index in [1.54, 1.807) is 12.1 Å². The van der Waals surface area contributed by atoms with Gasteiger partial charge in [-0.25, -0.2) is 0 Å². The summed E-state index contributed by atoms with van der Waals surface area (Å²) < 4.78 is 0. The molecule has 2 aromatic rings. The highest BCUT2D eigenvalue weighted by molar-refractivity contribution is 6.33. The smallest absolute Gasteiger partial charge is 0.117 e. The molecule has 3 nitrogen and oxygen atoms in total. The molecular weight excluding hydrogens is 260 g/mol. The summed E-state index contributed by atoms with van der Waals surface area (Å²) in [5.41, 5.74) is 1.89. The van der Waals surface area contributed by atoms with Crippen LogP contribution in [0, 0.1) is 0 Å². The van der Waals surface area contributed by atoms with Crippen molar-refractivity contribution in [3.8, 4) is 5.75 Å². The van der Waals surface area contributed by atoms with E-state index in [1.807, 2.05) is 18.2 Å². The summed E-state index contributed by atoms with van der Waals surface area (Å²) in [6.45, 7) is 0.659. The Morgan fingerprint density at radius 1 is 1.05 bits per heavy atom. The lowest BCUT2D eigenvalue weighted by Gasteiger charge is -1.99. The average Bonchev–Trinajstić information content (AvgIpc) is 2.42. The maximum absolute atomic E-state index is 9.22. The number of hydrogen-bond acceptors (Lipinski definition) is 3. The minimum atomic E-state index is 0.132. The molecule has 0 saturated heterocycles. The van der Waals surface area contributed by atoms with E-state index < -0.39 is 0 Å². The van der Waals surface area contributed by atoms with Crippen molar-refractivity contribution in [1.29, 1.82) is 0 Å². The van der Waals surface area contributed by atoms with Gasteiger partial charge in [0, 0.05) is 6.07 Å². The molecular formula is C15H15ClN2O. The number of halogens is 1. The zero-order valence-electron chi connectivity index (χ0n) is 10.5. The van der Waals surface area contributed by atoms with Crippen molar-refractivity contribution in [3.05, 3.63) is 59.1 Å². The molecule has 1 N–H and O–H groups in total. The Morgan fingerprint density at radius 3 is 2.58 bits per heavy atom. The summed E-state index contributed by atoms with van der Waals surface area (Å²) in [6.07, 6.45) is 1.94. The van der Waals surface area contributed by atoms with E-state index >= 15 is 0 Å². The Kier molecular flexibility index (Phi) is 4.93. The second kappa shape index (κ2) is 6.90. The average molecular weight is 275 g/mol. The van der Waals surface area contributed by atoms with Crippen LogP contribution in [0.25, 0.3) is 0 Å².